The molecule has 1 aliphatic rings. The lowest BCUT2D eigenvalue weighted by atomic mass is 10.1. The number of aryl methyl sites for hydroxylation is 1. The minimum absolute atomic E-state index is 0.0855. The number of aliphatic hydroxyl groups is 1. The molecule has 0 radical (unpaired) electrons. The summed E-state index contributed by atoms with van der Waals surface area (Å²) in [5.74, 6) is 1.80. The van der Waals surface area contributed by atoms with Gasteiger partial charge in [0.25, 0.3) is 0 Å². The number of thiophene rings is 1. The number of aliphatic hydroxyl groups excluding tert-OH is 1. The van der Waals surface area contributed by atoms with Gasteiger partial charge in [-0.15, -0.1) is 11.3 Å². The monoisotopic (exact) mass is 578 g/mol. The fraction of sp³-hybridized carbons (Fsp3) is 0.464. The molecule has 0 spiro atoms. The number of rotatable bonds is 10. The van der Waals surface area contributed by atoms with E-state index >= 15 is 0 Å². The van der Waals surface area contributed by atoms with Crippen molar-refractivity contribution in [3.8, 4) is 5.75 Å². The maximum absolute atomic E-state index is 13.2. The van der Waals surface area contributed by atoms with Crippen LogP contribution in [0.4, 0.5) is 5.82 Å². The van der Waals surface area contributed by atoms with E-state index in [0.29, 0.717) is 35.4 Å². The topological polar surface area (TPSA) is 129 Å². The summed E-state index contributed by atoms with van der Waals surface area (Å²) in [7, 11) is 4.25. The maximum atomic E-state index is 13.2. The first-order valence-corrected chi connectivity index (χ1v) is 14.4. The minimum atomic E-state index is -0.0855. The molecule has 4 N–H and O–H groups in total. The first-order valence-electron chi connectivity index (χ1n) is 12.8. The average Bonchev–Trinajstić information content (AvgIpc) is 3.64. The van der Waals surface area contributed by atoms with E-state index in [-0.39, 0.29) is 11.8 Å². The highest BCUT2D eigenvalue weighted by atomic mass is 32.2. The lowest BCUT2D eigenvalue weighted by molar-refractivity contribution is 0.104. The van der Waals surface area contributed by atoms with Crippen molar-refractivity contribution >= 4 is 35.2 Å². The number of hydrogen-bond donors (Lipinski definition) is 3. The van der Waals surface area contributed by atoms with Crippen molar-refractivity contribution in [3.05, 3.63) is 69.8 Å². The number of methoxy groups -OCH3 is 1. The van der Waals surface area contributed by atoms with Gasteiger partial charge in [-0.25, -0.2) is 9.97 Å². The van der Waals surface area contributed by atoms with Crippen LogP contribution < -0.4 is 15.2 Å². The van der Waals surface area contributed by atoms with Crippen LogP contribution in [0.2, 0.25) is 0 Å². The normalized spacial score (nSPS) is 15.5. The van der Waals surface area contributed by atoms with Crippen molar-refractivity contribution < 1.29 is 23.6 Å². The van der Waals surface area contributed by atoms with E-state index in [0.717, 1.165) is 55.5 Å². The van der Waals surface area contributed by atoms with Crippen LogP contribution in [0.25, 0.3) is 0 Å². The first-order chi connectivity index (χ1) is 19.0. The van der Waals surface area contributed by atoms with Crippen LogP contribution in [0.5, 0.6) is 5.75 Å². The number of nitrogens with one attached hydrogen (secondary N) is 1. The van der Waals surface area contributed by atoms with Gasteiger partial charge in [-0.05, 0) is 55.2 Å². The summed E-state index contributed by atoms with van der Waals surface area (Å²) in [4.78, 5) is 22.3. The molecule has 39 heavy (non-hydrogen) atoms. The van der Waals surface area contributed by atoms with Crippen LogP contribution in [0.15, 0.2) is 48.2 Å². The second-order valence-electron chi connectivity index (χ2n) is 8.30. The fourth-order valence-electron chi connectivity index (χ4n) is 3.88. The van der Waals surface area contributed by atoms with E-state index < -0.39 is 0 Å². The molecule has 2 aromatic heterocycles. The molecule has 11 heteroatoms. The molecule has 1 aromatic carbocycles. The van der Waals surface area contributed by atoms with Gasteiger partial charge in [0.05, 0.1) is 29.3 Å². The van der Waals surface area contributed by atoms with Gasteiger partial charge in [0.1, 0.15) is 24.5 Å². The van der Waals surface area contributed by atoms with E-state index in [1.54, 1.807) is 20.4 Å². The number of ketones is 1. The summed E-state index contributed by atoms with van der Waals surface area (Å²) in [6.07, 6.45) is 6.07. The summed E-state index contributed by atoms with van der Waals surface area (Å²) in [6, 6.07) is 10.0. The van der Waals surface area contributed by atoms with Gasteiger partial charge in [0, 0.05) is 39.1 Å². The summed E-state index contributed by atoms with van der Waals surface area (Å²) < 4.78 is 15.4. The molecule has 0 aliphatic heterocycles. The predicted molar refractivity (Wildman–Crippen MR) is 160 cm³/mol. The number of para-hydroxylation sites is 1. The Kier molecular flexibility index (Phi) is 18.0. The fourth-order valence-corrected chi connectivity index (χ4v) is 5.00. The smallest absolute Gasteiger partial charge is 0.208 e. The highest BCUT2D eigenvalue weighted by Crippen LogP contribution is 2.30. The molecule has 2 unspecified atom stereocenters. The first kappa shape index (κ1) is 34.5. The van der Waals surface area contributed by atoms with Crippen LogP contribution in [0, 0.1) is 12.8 Å². The third-order valence-electron chi connectivity index (χ3n) is 5.58. The van der Waals surface area contributed by atoms with Crippen molar-refractivity contribution in [1.82, 2.24) is 9.97 Å². The SMILES string of the molecule is CC.CO.COC.Cc1ccccc1OCc1csc(C(=O)c2cncnc2NC2CCC(COSN)C2)c1. The van der Waals surface area contributed by atoms with Gasteiger partial charge < -0.3 is 24.1 Å². The van der Waals surface area contributed by atoms with Gasteiger partial charge in [-0.2, -0.15) is 0 Å². The van der Waals surface area contributed by atoms with Crippen molar-refractivity contribution in [2.24, 2.45) is 11.1 Å². The Labute approximate surface area is 240 Å². The molecule has 0 bridgehead atoms. The number of benzene rings is 1. The highest BCUT2D eigenvalue weighted by Gasteiger charge is 2.27. The quantitative estimate of drug-likeness (QED) is 0.157. The number of nitrogens with zero attached hydrogens (tertiary/aromatic N) is 2. The van der Waals surface area contributed by atoms with Crippen LogP contribution in [0.3, 0.4) is 0 Å². The molecule has 1 aliphatic carbocycles. The number of carbonyl (C=O) groups is 1. The third kappa shape index (κ3) is 11.6. The molecule has 1 saturated carbocycles. The number of aromatic nitrogens is 2. The van der Waals surface area contributed by atoms with E-state index in [9.17, 15) is 4.79 Å². The van der Waals surface area contributed by atoms with Gasteiger partial charge in [-0.3, -0.25) is 9.93 Å². The van der Waals surface area contributed by atoms with Crippen LogP contribution in [0.1, 0.15) is 59.5 Å². The molecular weight excluding hydrogens is 536 g/mol. The number of carbonyl (C=O) groups excluding carboxylic acids is 1. The van der Waals surface area contributed by atoms with Gasteiger partial charge >= 0.3 is 0 Å². The molecule has 216 valence electrons. The molecule has 3 aromatic rings. The molecule has 0 saturated heterocycles. The third-order valence-corrected chi connectivity index (χ3v) is 6.83. The number of nitrogens with two attached hydrogens (primary N) is 1. The van der Waals surface area contributed by atoms with Gasteiger partial charge in [0.15, 0.2) is 0 Å². The number of hydrogen-bond acceptors (Lipinski definition) is 11. The van der Waals surface area contributed by atoms with E-state index in [4.69, 9.17) is 19.2 Å². The second kappa shape index (κ2) is 20.4. The maximum Gasteiger partial charge on any atom is 0.208 e. The average molecular weight is 579 g/mol. The zero-order valence-corrected chi connectivity index (χ0v) is 25.3. The predicted octanol–water partition coefficient (Wildman–Crippen LogP) is 5.67. The zero-order chi connectivity index (χ0) is 29.0. The molecule has 9 nitrogen and oxygen atoms in total. The summed E-state index contributed by atoms with van der Waals surface area (Å²) in [5, 5.41) is 17.7. The summed E-state index contributed by atoms with van der Waals surface area (Å²) >= 11 is 2.32. The second-order valence-corrected chi connectivity index (χ2v) is 9.64. The lowest BCUT2D eigenvalue weighted by Gasteiger charge is -2.15. The molecule has 0 amide bonds. The highest BCUT2D eigenvalue weighted by molar-refractivity contribution is 7.92. The zero-order valence-electron chi connectivity index (χ0n) is 23.7. The molecule has 1 fully saturated rings. The number of ether oxygens (including phenoxy) is 2. The number of anilines is 1. The van der Waals surface area contributed by atoms with Crippen LogP contribution in [-0.2, 0) is 15.5 Å². The molecule has 4 rings (SSSR count). The van der Waals surface area contributed by atoms with Crippen molar-refractivity contribution in [2.45, 2.75) is 52.7 Å². The Balaban J connectivity index is 0.000000996. The van der Waals surface area contributed by atoms with Crippen molar-refractivity contribution in [2.75, 3.05) is 33.3 Å². The van der Waals surface area contributed by atoms with Gasteiger partial charge in [-0.1, -0.05) is 32.0 Å². The molecule has 2 atom stereocenters. The van der Waals surface area contributed by atoms with Crippen molar-refractivity contribution in [1.29, 1.82) is 0 Å². The summed E-state index contributed by atoms with van der Waals surface area (Å²) in [5.41, 5.74) is 2.53. The molecule has 2 heterocycles. The van der Waals surface area contributed by atoms with Crippen LogP contribution >= 0.6 is 23.6 Å². The standard InChI is InChI=1S/C23H26N4O3S2.C2H6O.C2H6.CH4O/c1-15-4-2-3-5-20(15)29-11-17-9-21(31-13-17)22(28)19-10-25-14-26-23(19)27-18-7-6-16(8-18)12-30-32-24;1-3-2;2*1-2/h2-5,9-10,13-14,16,18H,6-8,11-12,24H2,1H3,(H,25,26,27);1-2H3;1-2H3;2H,1H3. The van der Waals surface area contributed by atoms with E-state index in [1.165, 1.54) is 17.7 Å². The largest absolute Gasteiger partial charge is 0.489 e. The Hall–Kier alpha value is -2.54. The Morgan fingerprint density at radius 1 is 1.23 bits per heavy atom. The van der Waals surface area contributed by atoms with Gasteiger partial charge in [0.2, 0.25) is 5.78 Å². The Morgan fingerprint density at radius 2 is 1.95 bits per heavy atom. The molecular formula is C28H42N4O5S2. The van der Waals surface area contributed by atoms with Crippen molar-refractivity contribution in [3.63, 3.8) is 0 Å². The van der Waals surface area contributed by atoms with E-state index in [1.807, 2.05) is 56.5 Å². The summed E-state index contributed by atoms with van der Waals surface area (Å²) in [6.45, 7) is 7.06. The van der Waals surface area contributed by atoms with E-state index in [2.05, 4.69) is 20.0 Å². The Morgan fingerprint density at radius 3 is 2.64 bits per heavy atom. The Bertz CT molecular complexity index is 1080. The lowest BCUT2D eigenvalue weighted by Crippen LogP contribution is -2.20. The van der Waals surface area contributed by atoms with Crippen LogP contribution in [-0.4, -0.2) is 54.8 Å². The minimum Gasteiger partial charge on any atom is -0.489 e.